The molecule has 1 unspecified atom stereocenters. The Balaban J connectivity index is 1.95. The summed E-state index contributed by atoms with van der Waals surface area (Å²) in [4.78, 5) is 13.6. The smallest absolute Gasteiger partial charge is 0.341 e. The maximum Gasteiger partial charge on any atom is 0.391 e. The Labute approximate surface area is 115 Å². The third kappa shape index (κ3) is 3.30. The van der Waals surface area contributed by atoms with Gasteiger partial charge in [-0.3, -0.25) is 4.79 Å². The number of carbonyl (C=O) groups is 1. The first-order valence-electron chi connectivity index (χ1n) is 6.55. The van der Waals surface area contributed by atoms with E-state index in [1.807, 2.05) is 6.07 Å². The zero-order chi connectivity index (χ0) is 14.8. The van der Waals surface area contributed by atoms with Crippen LogP contribution in [0.1, 0.15) is 24.4 Å². The molecule has 1 aromatic rings. The van der Waals surface area contributed by atoms with Crippen LogP contribution in [-0.2, 0) is 4.79 Å². The largest absolute Gasteiger partial charge is 0.391 e. The quantitative estimate of drug-likeness (QED) is 0.908. The summed E-state index contributed by atoms with van der Waals surface area (Å²) < 4.78 is 37.7. The van der Waals surface area contributed by atoms with Crippen LogP contribution in [0.3, 0.4) is 0 Å². The Morgan fingerprint density at radius 3 is 2.25 bits per heavy atom. The van der Waals surface area contributed by atoms with Crippen molar-refractivity contribution < 1.29 is 18.0 Å². The molecule has 0 spiro atoms. The van der Waals surface area contributed by atoms with E-state index >= 15 is 0 Å². The predicted octanol–water partition coefficient (Wildman–Crippen LogP) is 2.49. The normalized spacial score (nSPS) is 18.9. The van der Waals surface area contributed by atoms with Gasteiger partial charge in [0.2, 0.25) is 5.91 Å². The lowest BCUT2D eigenvalue weighted by Gasteiger charge is -2.34. The summed E-state index contributed by atoms with van der Waals surface area (Å²) >= 11 is 0. The molecule has 1 atom stereocenters. The summed E-state index contributed by atoms with van der Waals surface area (Å²) in [5.41, 5.74) is 6.55. The maximum absolute atomic E-state index is 12.6. The van der Waals surface area contributed by atoms with E-state index in [0.29, 0.717) is 5.56 Å². The van der Waals surface area contributed by atoms with Crippen molar-refractivity contribution in [2.24, 2.45) is 11.7 Å². The van der Waals surface area contributed by atoms with E-state index in [4.69, 9.17) is 5.73 Å². The molecule has 1 aromatic carbocycles. The molecule has 0 radical (unpaired) electrons. The van der Waals surface area contributed by atoms with Gasteiger partial charge in [-0.15, -0.1) is 0 Å². The monoisotopic (exact) mass is 286 g/mol. The maximum atomic E-state index is 12.6. The van der Waals surface area contributed by atoms with Gasteiger partial charge in [0.25, 0.3) is 0 Å². The van der Waals surface area contributed by atoms with Crippen LogP contribution < -0.4 is 5.73 Å². The Morgan fingerprint density at radius 2 is 1.75 bits per heavy atom. The van der Waals surface area contributed by atoms with E-state index in [1.165, 1.54) is 4.90 Å². The number of nitrogens with zero attached hydrogens (tertiary/aromatic N) is 1. The number of benzene rings is 1. The van der Waals surface area contributed by atoms with Crippen molar-refractivity contribution in [3.8, 4) is 0 Å². The third-order valence-electron chi connectivity index (χ3n) is 3.69. The van der Waals surface area contributed by atoms with Gasteiger partial charge < -0.3 is 10.6 Å². The molecule has 1 saturated heterocycles. The van der Waals surface area contributed by atoms with E-state index in [0.717, 1.165) is 0 Å². The molecule has 1 heterocycles. The van der Waals surface area contributed by atoms with Crippen LogP contribution >= 0.6 is 0 Å². The zero-order valence-corrected chi connectivity index (χ0v) is 10.9. The lowest BCUT2D eigenvalue weighted by molar-refractivity contribution is -0.186. The van der Waals surface area contributed by atoms with E-state index in [1.54, 1.807) is 24.3 Å². The van der Waals surface area contributed by atoms with Gasteiger partial charge in [-0.1, -0.05) is 30.3 Å². The fourth-order valence-corrected chi connectivity index (χ4v) is 2.43. The first-order chi connectivity index (χ1) is 9.39. The number of likely N-dealkylation sites (tertiary alicyclic amines) is 1. The number of nitrogens with two attached hydrogens (primary N) is 1. The van der Waals surface area contributed by atoms with Gasteiger partial charge in [-0.25, -0.2) is 0 Å². The van der Waals surface area contributed by atoms with Crippen LogP contribution in [0.25, 0.3) is 0 Å². The number of hydrogen-bond acceptors (Lipinski definition) is 2. The Morgan fingerprint density at radius 1 is 1.20 bits per heavy atom. The highest BCUT2D eigenvalue weighted by molar-refractivity contribution is 5.83. The van der Waals surface area contributed by atoms with Crippen LogP contribution in [0, 0.1) is 5.92 Å². The molecule has 6 heteroatoms. The minimum atomic E-state index is -4.17. The number of carbonyl (C=O) groups excluding carboxylic acids is 1. The highest BCUT2D eigenvalue weighted by Gasteiger charge is 2.42. The molecular formula is C14H17F3N2O. The van der Waals surface area contributed by atoms with Gasteiger partial charge in [-0.05, 0) is 18.4 Å². The van der Waals surface area contributed by atoms with Crippen molar-refractivity contribution in [2.75, 3.05) is 13.1 Å². The summed E-state index contributed by atoms with van der Waals surface area (Å²) in [5.74, 6) is -1.61. The number of rotatable bonds is 2. The number of amides is 1. The number of alkyl halides is 3. The van der Waals surface area contributed by atoms with Crippen molar-refractivity contribution in [1.82, 2.24) is 4.90 Å². The summed E-state index contributed by atoms with van der Waals surface area (Å²) in [6.07, 6.45) is -4.26. The SMILES string of the molecule is NC(C(=O)N1CCC(C(F)(F)F)CC1)c1ccccc1. The van der Waals surface area contributed by atoms with E-state index in [-0.39, 0.29) is 31.8 Å². The first-order valence-corrected chi connectivity index (χ1v) is 6.55. The van der Waals surface area contributed by atoms with Crippen molar-refractivity contribution in [2.45, 2.75) is 25.1 Å². The highest BCUT2D eigenvalue weighted by atomic mass is 19.4. The Kier molecular flexibility index (Phi) is 4.32. The zero-order valence-electron chi connectivity index (χ0n) is 10.9. The molecule has 0 saturated carbocycles. The Hall–Kier alpha value is -1.56. The average Bonchev–Trinajstić information content (AvgIpc) is 2.46. The highest BCUT2D eigenvalue weighted by Crippen LogP contribution is 2.34. The minimum Gasteiger partial charge on any atom is -0.341 e. The predicted molar refractivity (Wildman–Crippen MR) is 68.7 cm³/mol. The van der Waals surface area contributed by atoms with Gasteiger partial charge in [0.1, 0.15) is 6.04 Å². The van der Waals surface area contributed by atoms with Crippen molar-refractivity contribution in [1.29, 1.82) is 0 Å². The lowest BCUT2D eigenvalue weighted by atomic mass is 9.95. The Bertz CT molecular complexity index is 453. The van der Waals surface area contributed by atoms with E-state index < -0.39 is 18.1 Å². The van der Waals surface area contributed by atoms with Gasteiger partial charge in [0.05, 0.1) is 5.92 Å². The molecule has 2 rings (SSSR count). The number of halogens is 3. The van der Waals surface area contributed by atoms with Crippen molar-refractivity contribution in [3.63, 3.8) is 0 Å². The second-order valence-electron chi connectivity index (χ2n) is 5.03. The van der Waals surface area contributed by atoms with Crippen molar-refractivity contribution >= 4 is 5.91 Å². The summed E-state index contributed by atoms with van der Waals surface area (Å²) in [5, 5.41) is 0. The molecule has 1 fully saturated rings. The topological polar surface area (TPSA) is 46.3 Å². The summed E-state index contributed by atoms with van der Waals surface area (Å²) in [6, 6.07) is 8.04. The third-order valence-corrected chi connectivity index (χ3v) is 3.69. The lowest BCUT2D eigenvalue weighted by Crippen LogP contribution is -2.45. The molecule has 3 nitrogen and oxygen atoms in total. The summed E-state index contributed by atoms with van der Waals surface area (Å²) in [7, 11) is 0. The van der Waals surface area contributed by atoms with Gasteiger partial charge in [-0.2, -0.15) is 13.2 Å². The molecule has 0 bridgehead atoms. The average molecular weight is 286 g/mol. The molecule has 0 aromatic heterocycles. The van der Waals surface area contributed by atoms with Crippen LogP contribution in [0.15, 0.2) is 30.3 Å². The molecular weight excluding hydrogens is 269 g/mol. The second-order valence-corrected chi connectivity index (χ2v) is 5.03. The molecule has 1 aliphatic rings. The van der Waals surface area contributed by atoms with Gasteiger partial charge in [0.15, 0.2) is 0 Å². The van der Waals surface area contributed by atoms with E-state index in [2.05, 4.69) is 0 Å². The van der Waals surface area contributed by atoms with Crippen LogP contribution in [0.5, 0.6) is 0 Å². The molecule has 1 aliphatic heterocycles. The van der Waals surface area contributed by atoms with Gasteiger partial charge in [0, 0.05) is 13.1 Å². The van der Waals surface area contributed by atoms with E-state index in [9.17, 15) is 18.0 Å². The van der Waals surface area contributed by atoms with Crippen LogP contribution in [-0.4, -0.2) is 30.1 Å². The molecule has 1 amide bonds. The number of piperidine rings is 1. The standard InChI is InChI=1S/C14H17F3N2O/c15-14(16,17)11-6-8-19(9-7-11)13(20)12(18)10-4-2-1-3-5-10/h1-5,11-12H,6-9,18H2. The molecule has 0 aliphatic carbocycles. The van der Waals surface area contributed by atoms with Crippen molar-refractivity contribution in [3.05, 3.63) is 35.9 Å². The molecule has 110 valence electrons. The number of hydrogen-bond donors (Lipinski definition) is 1. The summed E-state index contributed by atoms with van der Waals surface area (Å²) in [6.45, 7) is 0.229. The van der Waals surface area contributed by atoms with Gasteiger partial charge >= 0.3 is 6.18 Å². The fourth-order valence-electron chi connectivity index (χ4n) is 2.43. The fraction of sp³-hybridized carbons (Fsp3) is 0.500. The molecule has 2 N–H and O–H groups in total. The molecule has 20 heavy (non-hydrogen) atoms. The second kappa shape index (κ2) is 5.83. The minimum absolute atomic E-state index is 0.0449. The van der Waals surface area contributed by atoms with Crippen LogP contribution in [0.4, 0.5) is 13.2 Å². The van der Waals surface area contributed by atoms with Crippen LogP contribution in [0.2, 0.25) is 0 Å². The first kappa shape index (κ1) is 14.8.